The lowest BCUT2D eigenvalue weighted by molar-refractivity contribution is -0.121. The highest BCUT2D eigenvalue weighted by Gasteiger charge is 2.10. The van der Waals surface area contributed by atoms with Crippen molar-refractivity contribution >= 4 is 5.91 Å². The number of nitrogens with two attached hydrogens (primary N) is 1. The van der Waals surface area contributed by atoms with Crippen LogP contribution in [0.5, 0.6) is 0 Å². The Hall–Kier alpha value is -2.20. The smallest absolute Gasteiger partial charge is 0.222 e. The molecule has 1 amide bonds. The van der Waals surface area contributed by atoms with Crippen LogP contribution in [0, 0.1) is 5.82 Å². The van der Waals surface area contributed by atoms with Gasteiger partial charge in [0.1, 0.15) is 5.82 Å². The van der Waals surface area contributed by atoms with Crippen molar-refractivity contribution in [3.63, 3.8) is 0 Å². The van der Waals surface area contributed by atoms with E-state index in [1.165, 1.54) is 12.1 Å². The van der Waals surface area contributed by atoms with Gasteiger partial charge in [-0.3, -0.25) is 4.79 Å². The predicted molar refractivity (Wildman–Crippen MR) is 76.2 cm³/mol. The molecule has 0 aliphatic carbocycles. The van der Waals surface area contributed by atoms with Gasteiger partial charge in [-0.15, -0.1) is 0 Å². The molecule has 0 spiro atoms. The standard InChI is InChI=1S/C16H17FN2O/c17-14-8-6-12(7-9-14)11-19-16(20)10-15(18)13-4-2-1-3-5-13/h1-9,15H,10-11,18H2,(H,19,20). The first-order valence-electron chi connectivity index (χ1n) is 6.47. The Morgan fingerprint density at radius 1 is 1.10 bits per heavy atom. The van der Waals surface area contributed by atoms with E-state index in [4.69, 9.17) is 5.73 Å². The van der Waals surface area contributed by atoms with Crippen molar-refractivity contribution in [2.45, 2.75) is 19.0 Å². The molecule has 0 aliphatic heterocycles. The summed E-state index contributed by atoms with van der Waals surface area (Å²) in [7, 11) is 0. The summed E-state index contributed by atoms with van der Waals surface area (Å²) in [5.74, 6) is -0.406. The summed E-state index contributed by atoms with van der Waals surface area (Å²) in [5, 5.41) is 2.78. The Labute approximate surface area is 117 Å². The van der Waals surface area contributed by atoms with Crippen molar-refractivity contribution in [2.75, 3.05) is 0 Å². The van der Waals surface area contributed by atoms with Gasteiger partial charge in [0, 0.05) is 19.0 Å². The molecule has 0 aromatic heterocycles. The number of nitrogens with one attached hydrogen (secondary N) is 1. The lowest BCUT2D eigenvalue weighted by Gasteiger charge is -2.12. The zero-order valence-corrected chi connectivity index (χ0v) is 11.1. The lowest BCUT2D eigenvalue weighted by Crippen LogP contribution is -2.27. The van der Waals surface area contributed by atoms with Gasteiger partial charge in [0.2, 0.25) is 5.91 Å². The first kappa shape index (κ1) is 14.2. The summed E-state index contributed by atoms with van der Waals surface area (Å²) >= 11 is 0. The van der Waals surface area contributed by atoms with Crippen LogP contribution in [0.25, 0.3) is 0 Å². The van der Waals surface area contributed by atoms with Gasteiger partial charge in [-0.05, 0) is 23.3 Å². The van der Waals surface area contributed by atoms with Crippen LogP contribution >= 0.6 is 0 Å². The molecule has 0 saturated carbocycles. The fourth-order valence-corrected chi connectivity index (χ4v) is 1.89. The zero-order valence-electron chi connectivity index (χ0n) is 11.1. The fourth-order valence-electron chi connectivity index (χ4n) is 1.89. The van der Waals surface area contributed by atoms with Gasteiger partial charge >= 0.3 is 0 Å². The summed E-state index contributed by atoms with van der Waals surface area (Å²) in [4.78, 5) is 11.8. The predicted octanol–water partition coefficient (Wildman–Crippen LogP) is 2.53. The minimum atomic E-state index is -0.315. The van der Waals surface area contributed by atoms with E-state index < -0.39 is 0 Å². The molecule has 1 unspecified atom stereocenters. The molecule has 20 heavy (non-hydrogen) atoms. The molecular weight excluding hydrogens is 255 g/mol. The third-order valence-electron chi connectivity index (χ3n) is 3.04. The van der Waals surface area contributed by atoms with Crippen LogP contribution in [-0.2, 0) is 11.3 Å². The molecule has 1 atom stereocenters. The minimum Gasteiger partial charge on any atom is -0.352 e. The number of carbonyl (C=O) groups is 1. The van der Waals surface area contributed by atoms with Crippen LogP contribution < -0.4 is 11.1 Å². The van der Waals surface area contributed by atoms with E-state index in [2.05, 4.69) is 5.32 Å². The molecule has 0 heterocycles. The molecule has 0 radical (unpaired) electrons. The quantitative estimate of drug-likeness (QED) is 0.878. The molecule has 0 aliphatic rings. The van der Waals surface area contributed by atoms with Crippen LogP contribution in [0.3, 0.4) is 0 Å². The topological polar surface area (TPSA) is 55.1 Å². The van der Waals surface area contributed by atoms with Crippen molar-refractivity contribution < 1.29 is 9.18 Å². The third kappa shape index (κ3) is 4.17. The fraction of sp³-hybridized carbons (Fsp3) is 0.188. The van der Waals surface area contributed by atoms with Crippen molar-refractivity contribution in [2.24, 2.45) is 5.73 Å². The van der Waals surface area contributed by atoms with Crippen molar-refractivity contribution in [1.29, 1.82) is 0 Å². The Kier molecular flexibility index (Phi) is 4.85. The minimum absolute atomic E-state index is 0.120. The Morgan fingerprint density at radius 3 is 2.40 bits per heavy atom. The highest BCUT2D eigenvalue weighted by molar-refractivity contribution is 5.76. The van der Waals surface area contributed by atoms with Crippen molar-refractivity contribution in [3.05, 3.63) is 71.5 Å². The normalized spacial score (nSPS) is 11.9. The SMILES string of the molecule is NC(CC(=O)NCc1ccc(F)cc1)c1ccccc1. The van der Waals surface area contributed by atoms with Crippen LogP contribution in [0.15, 0.2) is 54.6 Å². The van der Waals surface area contributed by atoms with Gasteiger partial charge in [-0.25, -0.2) is 4.39 Å². The molecule has 0 bridgehead atoms. The first-order valence-corrected chi connectivity index (χ1v) is 6.47. The molecule has 104 valence electrons. The second kappa shape index (κ2) is 6.82. The van der Waals surface area contributed by atoms with E-state index in [1.807, 2.05) is 30.3 Å². The van der Waals surface area contributed by atoms with Gasteiger partial charge in [0.25, 0.3) is 0 Å². The van der Waals surface area contributed by atoms with E-state index in [-0.39, 0.29) is 24.2 Å². The molecular formula is C16H17FN2O. The molecule has 0 fully saturated rings. The number of carbonyl (C=O) groups excluding carboxylic acids is 1. The Bertz CT molecular complexity index is 554. The van der Waals surface area contributed by atoms with Gasteiger partial charge in [0.15, 0.2) is 0 Å². The molecule has 2 rings (SSSR count). The maximum absolute atomic E-state index is 12.7. The van der Waals surface area contributed by atoms with Gasteiger partial charge in [-0.1, -0.05) is 42.5 Å². The largest absolute Gasteiger partial charge is 0.352 e. The second-order valence-electron chi connectivity index (χ2n) is 4.62. The molecule has 2 aromatic carbocycles. The highest BCUT2D eigenvalue weighted by Crippen LogP contribution is 2.13. The maximum atomic E-state index is 12.7. The summed E-state index contributed by atoms with van der Waals surface area (Å²) in [6.07, 6.45) is 0.227. The molecule has 3 N–H and O–H groups in total. The molecule has 2 aromatic rings. The van der Waals surface area contributed by atoms with Gasteiger partial charge in [0.05, 0.1) is 0 Å². The van der Waals surface area contributed by atoms with Crippen molar-refractivity contribution in [1.82, 2.24) is 5.32 Å². The number of halogens is 1. The Balaban J connectivity index is 1.82. The van der Waals surface area contributed by atoms with Crippen LogP contribution in [0.4, 0.5) is 4.39 Å². The number of rotatable bonds is 5. The summed E-state index contributed by atoms with van der Waals surface area (Å²) < 4.78 is 12.7. The number of hydrogen-bond acceptors (Lipinski definition) is 2. The summed E-state index contributed by atoms with van der Waals surface area (Å²) in [5.41, 5.74) is 7.76. The maximum Gasteiger partial charge on any atom is 0.222 e. The highest BCUT2D eigenvalue weighted by atomic mass is 19.1. The third-order valence-corrected chi connectivity index (χ3v) is 3.04. The van der Waals surface area contributed by atoms with Crippen molar-refractivity contribution in [3.8, 4) is 0 Å². The average Bonchev–Trinajstić information content (AvgIpc) is 2.47. The van der Waals surface area contributed by atoms with Crippen LogP contribution in [0.1, 0.15) is 23.6 Å². The average molecular weight is 272 g/mol. The Morgan fingerprint density at radius 2 is 1.75 bits per heavy atom. The monoisotopic (exact) mass is 272 g/mol. The van der Waals surface area contributed by atoms with Gasteiger partial charge < -0.3 is 11.1 Å². The van der Waals surface area contributed by atoms with E-state index in [9.17, 15) is 9.18 Å². The number of benzene rings is 2. The molecule has 0 saturated heterocycles. The van der Waals surface area contributed by atoms with Crippen LogP contribution in [0.2, 0.25) is 0 Å². The number of amides is 1. The van der Waals surface area contributed by atoms with E-state index in [0.717, 1.165) is 11.1 Å². The van der Waals surface area contributed by atoms with E-state index in [0.29, 0.717) is 6.54 Å². The van der Waals surface area contributed by atoms with E-state index >= 15 is 0 Å². The summed E-state index contributed by atoms with van der Waals surface area (Å²) in [6, 6.07) is 15.2. The van der Waals surface area contributed by atoms with Crippen LogP contribution in [-0.4, -0.2) is 5.91 Å². The number of hydrogen-bond donors (Lipinski definition) is 2. The second-order valence-corrected chi connectivity index (χ2v) is 4.62. The first-order chi connectivity index (χ1) is 9.65. The van der Waals surface area contributed by atoms with E-state index in [1.54, 1.807) is 12.1 Å². The zero-order chi connectivity index (χ0) is 14.4. The summed E-state index contributed by atoms with van der Waals surface area (Å²) in [6.45, 7) is 0.376. The molecule has 3 nitrogen and oxygen atoms in total. The lowest BCUT2D eigenvalue weighted by atomic mass is 10.0. The molecule has 4 heteroatoms. The van der Waals surface area contributed by atoms with Gasteiger partial charge in [-0.2, -0.15) is 0 Å².